The summed E-state index contributed by atoms with van der Waals surface area (Å²) in [5, 5.41) is 3.18. The molecule has 1 aliphatic rings. The lowest BCUT2D eigenvalue weighted by atomic mass is 9.80. The van der Waals surface area contributed by atoms with E-state index in [0.29, 0.717) is 24.4 Å². The Hall–Kier alpha value is -1.35. The number of hydrogen-bond donors (Lipinski definition) is 2. The zero-order chi connectivity index (χ0) is 14.5. The summed E-state index contributed by atoms with van der Waals surface area (Å²) in [7, 11) is 0. The lowest BCUT2D eigenvalue weighted by molar-refractivity contribution is 0.0911. The topological polar surface area (TPSA) is 55.1 Å². The first-order chi connectivity index (χ1) is 9.58. The number of carbonyl (C=O) groups is 1. The summed E-state index contributed by atoms with van der Waals surface area (Å²) >= 11 is 0. The molecule has 0 saturated heterocycles. The Balaban J connectivity index is 1.93. The van der Waals surface area contributed by atoms with Crippen LogP contribution in [0.25, 0.3) is 0 Å². The number of rotatable bonds is 4. The highest BCUT2D eigenvalue weighted by Gasteiger charge is 2.25. The van der Waals surface area contributed by atoms with Crippen LogP contribution in [-0.2, 0) is 6.42 Å². The van der Waals surface area contributed by atoms with Gasteiger partial charge in [-0.15, -0.1) is 0 Å². The summed E-state index contributed by atoms with van der Waals surface area (Å²) in [6.07, 6.45) is 4.34. The molecule has 20 heavy (non-hydrogen) atoms. The Labute approximate surface area is 121 Å². The van der Waals surface area contributed by atoms with E-state index in [1.54, 1.807) is 0 Å². The van der Waals surface area contributed by atoms with Crippen LogP contribution in [-0.4, -0.2) is 18.5 Å². The molecule has 0 heterocycles. The average molecular weight is 274 g/mol. The van der Waals surface area contributed by atoms with E-state index in [9.17, 15) is 4.79 Å². The lowest BCUT2D eigenvalue weighted by Gasteiger charge is -2.32. The largest absolute Gasteiger partial charge is 0.349 e. The van der Waals surface area contributed by atoms with Gasteiger partial charge in [-0.2, -0.15) is 0 Å². The molecule has 3 nitrogen and oxygen atoms in total. The monoisotopic (exact) mass is 274 g/mol. The van der Waals surface area contributed by atoms with Crippen molar-refractivity contribution in [2.24, 2.45) is 17.6 Å². The summed E-state index contributed by atoms with van der Waals surface area (Å²) < 4.78 is 0. The summed E-state index contributed by atoms with van der Waals surface area (Å²) in [4.78, 5) is 12.3. The fourth-order valence-corrected chi connectivity index (χ4v) is 3.32. The van der Waals surface area contributed by atoms with Gasteiger partial charge in [-0.05, 0) is 61.8 Å². The number of nitrogens with one attached hydrogen (secondary N) is 1. The number of amides is 1. The van der Waals surface area contributed by atoms with Crippen LogP contribution in [0.5, 0.6) is 0 Å². The lowest BCUT2D eigenvalue weighted by Crippen LogP contribution is -2.40. The van der Waals surface area contributed by atoms with Gasteiger partial charge in [0.25, 0.3) is 5.91 Å². The molecule has 0 spiro atoms. The molecule has 2 unspecified atom stereocenters. The number of hydrogen-bond acceptors (Lipinski definition) is 2. The third-order valence-corrected chi connectivity index (χ3v) is 4.16. The summed E-state index contributed by atoms with van der Waals surface area (Å²) in [6.45, 7) is 5.19. The molecule has 0 radical (unpaired) electrons. The van der Waals surface area contributed by atoms with Gasteiger partial charge in [0.15, 0.2) is 0 Å². The average Bonchev–Trinajstić information content (AvgIpc) is 2.38. The molecule has 110 valence electrons. The Morgan fingerprint density at radius 2 is 1.75 bits per heavy atom. The second kappa shape index (κ2) is 6.89. The minimum absolute atomic E-state index is 0.0515. The summed E-state index contributed by atoms with van der Waals surface area (Å²) in [5.74, 6) is 1.46. The van der Waals surface area contributed by atoms with Crippen LogP contribution in [0.3, 0.4) is 0 Å². The third kappa shape index (κ3) is 4.07. The Morgan fingerprint density at radius 1 is 1.15 bits per heavy atom. The Morgan fingerprint density at radius 3 is 2.30 bits per heavy atom. The van der Waals surface area contributed by atoms with Crippen molar-refractivity contribution in [2.45, 2.75) is 45.6 Å². The van der Waals surface area contributed by atoms with Crippen LogP contribution in [0.4, 0.5) is 0 Å². The quantitative estimate of drug-likeness (QED) is 0.887. The van der Waals surface area contributed by atoms with Crippen LogP contribution in [0.15, 0.2) is 24.3 Å². The van der Waals surface area contributed by atoms with Crippen LogP contribution >= 0.6 is 0 Å². The molecule has 3 N–H and O–H groups in total. The van der Waals surface area contributed by atoms with E-state index in [0.717, 1.165) is 24.8 Å². The SMILES string of the molecule is CC1CC(C)CC(NC(=O)c2ccc(CCN)cc2)C1. The highest BCUT2D eigenvalue weighted by molar-refractivity contribution is 5.94. The van der Waals surface area contributed by atoms with E-state index in [4.69, 9.17) is 5.73 Å². The van der Waals surface area contributed by atoms with Crippen molar-refractivity contribution in [2.75, 3.05) is 6.54 Å². The van der Waals surface area contributed by atoms with Gasteiger partial charge >= 0.3 is 0 Å². The highest BCUT2D eigenvalue weighted by atomic mass is 16.1. The van der Waals surface area contributed by atoms with Gasteiger partial charge < -0.3 is 11.1 Å². The van der Waals surface area contributed by atoms with Crippen LogP contribution in [0, 0.1) is 11.8 Å². The van der Waals surface area contributed by atoms with Gasteiger partial charge in [-0.1, -0.05) is 26.0 Å². The molecule has 1 saturated carbocycles. The van der Waals surface area contributed by atoms with E-state index < -0.39 is 0 Å². The van der Waals surface area contributed by atoms with Gasteiger partial charge in [0, 0.05) is 11.6 Å². The van der Waals surface area contributed by atoms with Gasteiger partial charge in [0.2, 0.25) is 0 Å². The molecule has 2 atom stereocenters. The molecule has 1 amide bonds. The van der Waals surface area contributed by atoms with E-state index in [-0.39, 0.29) is 5.91 Å². The van der Waals surface area contributed by atoms with Gasteiger partial charge in [0.05, 0.1) is 0 Å². The molecule has 1 fully saturated rings. The third-order valence-electron chi connectivity index (χ3n) is 4.16. The minimum Gasteiger partial charge on any atom is -0.349 e. The smallest absolute Gasteiger partial charge is 0.251 e. The van der Waals surface area contributed by atoms with Gasteiger partial charge in [0.1, 0.15) is 0 Å². The highest BCUT2D eigenvalue weighted by Crippen LogP contribution is 2.28. The maximum atomic E-state index is 12.3. The molecule has 0 aromatic heterocycles. The number of nitrogens with two attached hydrogens (primary N) is 1. The Bertz CT molecular complexity index is 431. The molecular formula is C17H26N2O. The minimum atomic E-state index is 0.0515. The molecule has 1 aromatic carbocycles. The zero-order valence-electron chi connectivity index (χ0n) is 12.6. The van der Waals surface area contributed by atoms with E-state index in [1.807, 2.05) is 24.3 Å². The number of benzene rings is 1. The van der Waals surface area contributed by atoms with Crippen molar-refractivity contribution in [3.8, 4) is 0 Å². The summed E-state index contributed by atoms with van der Waals surface area (Å²) in [5.41, 5.74) is 7.46. The van der Waals surface area contributed by atoms with E-state index in [1.165, 1.54) is 12.0 Å². The first-order valence-electron chi connectivity index (χ1n) is 7.68. The zero-order valence-corrected chi connectivity index (χ0v) is 12.6. The van der Waals surface area contributed by atoms with Gasteiger partial charge in [-0.25, -0.2) is 0 Å². The first-order valence-corrected chi connectivity index (χ1v) is 7.68. The maximum absolute atomic E-state index is 12.3. The number of carbonyl (C=O) groups excluding carboxylic acids is 1. The first kappa shape index (κ1) is 15.0. The molecule has 2 rings (SSSR count). The van der Waals surface area contributed by atoms with E-state index >= 15 is 0 Å². The van der Waals surface area contributed by atoms with Crippen LogP contribution < -0.4 is 11.1 Å². The van der Waals surface area contributed by atoms with Crippen molar-refractivity contribution in [1.29, 1.82) is 0 Å². The summed E-state index contributed by atoms with van der Waals surface area (Å²) in [6, 6.07) is 8.11. The standard InChI is InChI=1S/C17H26N2O/c1-12-9-13(2)11-16(10-12)19-17(20)15-5-3-14(4-6-15)7-8-18/h3-6,12-13,16H,7-11,18H2,1-2H3,(H,19,20). The molecule has 3 heteroatoms. The van der Waals surface area contributed by atoms with Crippen molar-refractivity contribution in [3.63, 3.8) is 0 Å². The fraction of sp³-hybridized carbons (Fsp3) is 0.588. The van der Waals surface area contributed by atoms with Gasteiger partial charge in [-0.3, -0.25) is 4.79 Å². The second-order valence-corrected chi connectivity index (χ2v) is 6.32. The molecular weight excluding hydrogens is 248 g/mol. The molecule has 1 aliphatic carbocycles. The molecule has 0 aliphatic heterocycles. The molecule has 0 bridgehead atoms. The van der Waals surface area contributed by atoms with Crippen LogP contribution in [0.2, 0.25) is 0 Å². The molecule has 1 aromatic rings. The van der Waals surface area contributed by atoms with Crippen molar-refractivity contribution < 1.29 is 4.79 Å². The van der Waals surface area contributed by atoms with Crippen molar-refractivity contribution >= 4 is 5.91 Å². The van der Waals surface area contributed by atoms with E-state index in [2.05, 4.69) is 19.2 Å². The van der Waals surface area contributed by atoms with Crippen molar-refractivity contribution in [1.82, 2.24) is 5.32 Å². The predicted molar refractivity (Wildman–Crippen MR) is 82.6 cm³/mol. The van der Waals surface area contributed by atoms with Crippen LogP contribution in [0.1, 0.15) is 49.0 Å². The normalized spacial score (nSPS) is 26.2. The fourth-order valence-electron chi connectivity index (χ4n) is 3.32. The van der Waals surface area contributed by atoms with Crippen molar-refractivity contribution in [3.05, 3.63) is 35.4 Å². The maximum Gasteiger partial charge on any atom is 0.251 e. The Kier molecular flexibility index (Phi) is 5.18. The second-order valence-electron chi connectivity index (χ2n) is 6.32. The predicted octanol–water partition coefficient (Wildman–Crippen LogP) is 2.74.